The van der Waals surface area contributed by atoms with Gasteiger partial charge >= 0.3 is 0 Å². The Morgan fingerprint density at radius 3 is 2.46 bits per heavy atom. The van der Waals surface area contributed by atoms with E-state index in [1.165, 1.54) is 6.07 Å². The molecule has 0 fully saturated rings. The maximum atomic E-state index is 12.6. The van der Waals surface area contributed by atoms with Crippen LogP contribution in [0.1, 0.15) is 5.56 Å². The molecule has 2 N–H and O–H groups in total. The van der Waals surface area contributed by atoms with Crippen LogP contribution in [-0.4, -0.2) is 22.9 Å². The number of rotatable bonds is 3. The largest absolute Gasteiger partial charge is 0.394 e. The minimum Gasteiger partial charge on any atom is -0.394 e. The van der Waals surface area contributed by atoms with Crippen molar-refractivity contribution >= 4 is 0 Å². The number of halogens is 2. The van der Waals surface area contributed by atoms with Gasteiger partial charge in [0.15, 0.2) is 11.6 Å². The van der Waals surface area contributed by atoms with E-state index in [0.29, 0.717) is 5.56 Å². The van der Waals surface area contributed by atoms with Gasteiger partial charge in [0.2, 0.25) is 0 Å². The van der Waals surface area contributed by atoms with Crippen LogP contribution in [0.4, 0.5) is 8.78 Å². The van der Waals surface area contributed by atoms with Crippen molar-refractivity contribution < 1.29 is 19.0 Å². The summed E-state index contributed by atoms with van der Waals surface area (Å²) in [5.74, 6) is -1.86. The van der Waals surface area contributed by atoms with Crippen LogP contribution in [0.25, 0.3) is 0 Å². The third kappa shape index (κ3) is 2.75. The highest BCUT2D eigenvalue weighted by atomic mass is 19.2. The van der Waals surface area contributed by atoms with Crippen LogP contribution in [0.2, 0.25) is 0 Å². The second kappa shape index (κ2) is 4.30. The minimum atomic E-state index is -0.942. The van der Waals surface area contributed by atoms with E-state index in [2.05, 4.69) is 0 Å². The van der Waals surface area contributed by atoms with Crippen LogP contribution in [0, 0.1) is 11.6 Å². The molecule has 0 radical (unpaired) electrons. The van der Waals surface area contributed by atoms with E-state index in [1.54, 1.807) is 0 Å². The molecule has 4 heteroatoms. The van der Waals surface area contributed by atoms with Crippen molar-refractivity contribution in [2.45, 2.75) is 12.5 Å². The number of benzene rings is 1. The molecule has 1 rings (SSSR count). The van der Waals surface area contributed by atoms with E-state index in [1.807, 2.05) is 0 Å². The Labute approximate surface area is 74.4 Å². The Morgan fingerprint density at radius 2 is 1.92 bits per heavy atom. The molecule has 0 spiro atoms. The third-order valence-electron chi connectivity index (χ3n) is 1.67. The smallest absolute Gasteiger partial charge is 0.159 e. The second-order valence-electron chi connectivity index (χ2n) is 2.79. The van der Waals surface area contributed by atoms with Crippen molar-refractivity contribution in [3.8, 4) is 0 Å². The minimum absolute atomic E-state index is 0.119. The van der Waals surface area contributed by atoms with Gasteiger partial charge in [0, 0.05) is 6.42 Å². The maximum Gasteiger partial charge on any atom is 0.159 e. The molecular weight excluding hydrogens is 178 g/mol. The Morgan fingerprint density at radius 1 is 1.23 bits per heavy atom. The lowest BCUT2D eigenvalue weighted by Crippen LogP contribution is -2.15. The molecule has 72 valence electrons. The fourth-order valence-electron chi connectivity index (χ4n) is 1.00. The summed E-state index contributed by atoms with van der Waals surface area (Å²) in [6.07, 6.45) is -0.807. The van der Waals surface area contributed by atoms with Gasteiger partial charge in [0.1, 0.15) is 0 Å². The standard InChI is InChI=1S/C9H10F2O2/c10-8-2-1-6(4-9(8)11)3-7(13)5-12/h1-2,4,7,12-13H,3,5H2. The summed E-state index contributed by atoms with van der Waals surface area (Å²) in [5, 5.41) is 17.5. The predicted octanol–water partition coefficient (Wildman–Crippen LogP) is 0.861. The van der Waals surface area contributed by atoms with Gasteiger partial charge in [-0.3, -0.25) is 0 Å². The molecule has 13 heavy (non-hydrogen) atoms. The van der Waals surface area contributed by atoms with Gasteiger partial charge in [-0.05, 0) is 17.7 Å². The van der Waals surface area contributed by atoms with Gasteiger partial charge in [-0.15, -0.1) is 0 Å². The molecule has 1 atom stereocenters. The summed E-state index contributed by atoms with van der Waals surface area (Å²) >= 11 is 0. The van der Waals surface area contributed by atoms with E-state index >= 15 is 0 Å². The van der Waals surface area contributed by atoms with Crippen LogP contribution in [0.3, 0.4) is 0 Å². The fraction of sp³-hybridized carbons (Fsp3) is 0.333. The van der Waals surface area contributed by atoms with Crippen LogP contribution in [0.5, 0.6) is 0 Å². The summed E-state index contributed by atoms with van der Waals surface area (Å²) in [5.41, 5.74) is 0.459. The maximum absolute atomic E-state index is 12.6. The highest BCUT2D eigenvalue weighted by Crippen LogP contribution is 2.10. The van der Waals surface area contributed by atoms with Crippen molar-refractivity contribution in [1.29, 1.82) is 0 Å². The monoisotopic (exact) mass is 188 g/mol. The van der Waals surface area contributed by atoms with Crippen molar-refractivity contribution in [3.05, 3.63) is 35.4 Å². The van der Waals surface area contributed by atoms with Gasteiger partial charge in [-0.1, -0.05) is 6.07 Å². The zero-order chi connectivity index (χ0) is 9.84. The summed E-state index contributed by atoms with van der Waals surface area (Å²) in [6, 6.07) is 3.38. The molecule has 0 bridgehead atoms. The molecule has 0 aliphatic heterocycles. The molecule has 0 saturated heterocycles. The van der Waals surface area contributed by atoms with Gasteiger partial charge < -0.3 is 10.2 Å². The van der Waals surface area contributed by atoms with E-state index in [0.717, 1.165) is 12.1 Å². The van der Waals surface area contributed by atoms with Gasteiger partial charge in [0.25, 0.3) is 0 Å². The predicted molar refractivity (Wildman–Crippen MR) is 43.2 cm³/mol. The lowest BCUT2D eigenvalue weighted by atomic mass is 10.1. The average molecular weight is 188 g/mol. The van der Waals surface area contributed by atoms with Crippen LogP contribution >= 0.6 is 0 Å². The van der Waals surface area contributed by atoms with E-state index in [9.17, 15) is 8.78 Å². The molecule has 0 aromatic heterocycles. The third-order valence-corrected chi connectivity index (χ3v) is 1.67. The first-order chi connectivity index (χ1) is 6.13. The van der Waals surface area contributed by atoms with Crippen molar-refractivity contribution in [2.75, 3.05) is 6.61 Å². The number of aliphatic hydroxyl groups excluding tert-OH is 2. The molecule has 1 unspecified atom stereocenters. The molecule has 0 aliphatic rings. The Balaban J connectivity index is 2.73. The van der Waals surface area contributed by atoms with E-state index in [-0.39, 0.29) is 13.0 Å². The van der Waals surface area contributed by atoms with Gasteiger partial charge in [-0.25, -0.2) is 8.78 Å². The van der Waals surface area contributed by atoms with E-state index in [4.69, 9.17) is 10.2 Å². The highest BCUT2D eigenvalue weighted by Gasteiger charge is 2.06. The van der Waals surface area contributed by atoms with Gasteiger partial charge in [0.05, 0.1) is 12.7 Å². The molecule has 1 aromatic carbocycles. The zero-order valence-electron chi connectivity index (χ0n) is 6.87. The zero-order valence-corrected chi connectivity index (χ0v) is 6.87. The first-order valence-corrected chi connectivity index (χ1v) is 3.86. The Hall–Kier alpha value is -1.00. The number of hydrogen-bond acceptors (Lipinski definition) is 2. The lowest BCUT2D eigenvalue weighted by Gasteiger charge is -2.06. The highest BCUT2D eigenvalue weighted by molar-refractivity contribution is 5.18. The fourth-order valence-corrected chi connectivity index (χ4v) is 1.00. The van der Waals surface area contributed by atoms with Gasteiger partial charge in [-0.2, -0.15) is 0 Å². The summed E-state index contributed by atoms with van der Waals surface area (Å²) in [4.78, 5) is 0. The molecule has 2 nitrogen and oxygen atoms in total. The molecule has 0 saturated carbocycles. The molecular formula is C9H10F2O2. The van der Waals surface area contributed by atoms with Crippen LogP contribution in [-0.2, 0) is 6.42 Å². The number of hydrogen-bond donors (Lipinski definition) is 2. The van der Waals surface area contributed by atoms with Crippen molar-refractivity contribution in [2.24, 2.45) is 0 Å². The van der Waals surface area contributed by atoms with E-state index < -0.39 is 17.7 Å². The Kier molecular flexibility index (Phi) is 3.33. The topological polar surface area (TPSA) is 40.5 Å². The molecule has 0 amide bonds. The normalized spacial score (nSPS) is 12.9. The second-order valence-corrected chi connectivity index (χ2v) is 2.79. The first kappa shape index (κ1) is 10.1. The summed E-state index contributed by atoms with van der Waals surface area (Å²) in [7, 11) is 0. The lowest BCUT2D eigenvalue weighted by molar-refractivity contribution is 0.0954. The molecule has 1 aromatic rings. The number of aliphatic hydroxyl groups is 2. The first-order valence-electron chi connectivity index (χ1n) is 3.86. The van der Waals surface area contributed by atoms with Crippen LogP contribution in [0.15, 0.2) is 18.2 Å². The van der Waals surface area contributed by atoms with Crippen molar-refractivity contribution in [1.82, 2.24) is 0 Å². The Bertz CT molecular complexity index is 289. The quantitative estimate of drug-likeness (QED) is 0.738. The molecule has 0 aliphatic carbocycles. The van der Waals surface area contributed by atoms with Crippen molar-refractivity contribution in [3.63, 3.8) is 0 Å². The molecule has 0 heterocycles. The van der Waals surface area contributed by atoms with Crippen LogP contribution < -0.4 is 0 Å². The summed E-state index contributed by atoms with van der Waals surface area (Å²) < 4.78 is 25.0. The SMILES string of the molecule is OCC(O)Cc1ccc(F)c(F)c1. The average Bonchev–Trinajstić information content (AvgIpc) is 2.11. The summed E-state index contributed by atoms with van der Waals surface area (Å²) in [6.45, 7) is -0.390.